The van der Waals surface area contributed by atoms with Crippen molar-refractivity contribution in [2.45, 2.75) is 52.1 Å². The molecule has 1 aromatic carbocycles. The van der Waals surface area contributed by atoms with Crippen molar-refractivity contribution in [1.29, 1.82) is 0 Å². The number of nitrogens with one attached hydrogen (secondary N) is 2. The fourth-order valence-corrected chi connectivity index (χ4v) is 4.44. The normalized spacial score (nSPS) is 15.0. The van der Waals surface area contributed by atoms with Gasteiger partial charge in [-0.3, -0.25) is 4.79 Å². The highest BCUT2D eigenvalue weighted by molar-refractivity contribution is 6.42. The highest BCUT2D eigenvalue weighted by atomic mass is 35.5. The lowest BCUT2D eigenvalue weighted by Gasteiger charge is -2.31. The van der Waals surface area contributed by atoms with E-state index >= 15 is 0 Å². The lowest BCUT2D eigenvalue weighted by atomic mass is 9.93. The minimum Gasteiger partial charge on any atom is -0.444 e. The van der Waals surface area contributed by atoms with Crippen LogP contribution in [0.25, 0.3) is 0 Å². The molecule has 0 saturated carbocycles. The van der Waals surface area contributed by atoms with Gasteiger partial charge in [-0.15, -0.1) is 0 Å². The van der Waals surface area contributed by atoms with E-state index < -0.39 is 11.7 Å². The third-order valence-corrected chi connectivity index (χ3v) is 7.02. The molecule has 4 N–H and O–H groups in total. The molecule has 11 nitrogen and oxygen atoms in total. The molecule has 1 saturated heterocycles. The third kappa shape index (κ3) is 17.1. The van der Waals surface area contributed by atoms with Gasteiger partial charge in [0.15, 0.2) is 0 Å². The number of aliphatic imine (C=N–C) groups is 1. The summed E-state index contributed by atoms with van der Waals surface area (Å²) in [7, 11) is 0. The van der Waals surface area contributed by atoms with Gasteiger partial charge in [-0.1, -0.05) is 23.2 Å². The lowest BCUT2D eigenvalue weighted by Crippen LogP contribution is -2.36. The predicted octanol–water partition coefficient (Wildman–Crippen LogP) is 4.36. The molecule has 0 atom stereocenters. The molecule has 0 spiro atoms. The molecule has 0 unspecified atom stereocenters. The maximum absolute atomic E-state index is 12.4. The van der Waals surface area contributed by atoms with Crippen molar-refractivity contribution < 1.29 is 28.5 Å². The zero-order valence-electron chi connectivity index (χ0n) is 25.1. The SMILES string of the molecule is CC(C)(C)OC(=O)NCCOCCOCCOCCN1CCC(CC(=O)N=C(N)CCNc2ccc(Cl)c(Cl)c2)CC1. The van der Waals surface area contributed by atoms with Crippen molar-refractivity contribution in [3.05, 3.63) is 28.2 Å². The quantitative estimate of drug-likeness (QED) is 0.123. The Hall–Kier alpha value is -2.15. The number of likely N-dealkylation sites (tertiary alicyclic amines) is 1. The summed E-state index contributed by atoms with van der Waals surface area (Å²) in [6.07, 6.45) is 2.34. The number of nitrogens with zero attached hydrogens (tertiary/aromatic N) is 2. The van der Waals surface area contributed by atoms with Crippen LogP contribution in [0.1, 0.15) is 46.5 Å². The molecule has 0 bridgehead atoms. The molecule has 2 amide bonds. The number of ether oxygens (including phenoxy) is 4. The lowest BCUT2D eigenvalue weighted by molar-refractivity contribution is -0.119. The molecule has 0 aromatic heterocycles. The van der Waals surface area contributed by atoms with E-state index in [2.05, 4.69) is 20.5 Å². The van der Waals surface area contributed by atoms with Gasteiger partial charge in [-0.25, -0.2) is 9.79 Å². The molecule has 1 aliphatic heterocycles. The zero-order chi connectivity index (χ0) is 30.8. The number of anilines is 1. The van der Waals surface area contributed by atoms with Gasteiger partial charge in [-0.2, -0.15) is 0 Å². The number of alkyl carbamates (subject to hydrolysis) is 1. The van der Waals surface area contributed by atoms with E-state index in [-0.39, 0.29) is 5.91 Å². The standard InChI is InChI=1S/C29H47Cl2N5O6/c1-29(2,3)42-28(38)34-10-14-39-16-18-41-19-17-40-15-13-36-11-7-22(8-12-36)20-27(37)35-26(32)6-9-33-23-4-5-24(30)25(31)21-23/h4-5,21-22,33H,6-20H2,1-3H3,(H,34,38)(H2,32,35,37). The first kappa shape index (κ1) is 36.0. The van der Waals surface area contributed by atoms with Crippen LogP contribution in [0.5, 0.6) is 0 Å². The number of amidine groups is 1. The minimum absolute atomic E-state index is 0.160. The average molecular weight is 633 g/mol. The Balaban J connectivity index is 1.42. The second kappa shape index (κ2) is 19.9. The Labute approximate surface area is 259 Å². The van der Waals surface area contributed by atoms with Crippen molar-refractivity contribution in [2.24, 2.45) is 16.6 Å². The van der Waals surface area contributed by atoms with Crippen LogP contribution in [0, 0.1) is 5.92 Å². The molecular weight excluding hydrogens is 585 g/mol. The van der Waals surface area contributed by atoms with Crippen molar-refractivity contribution in [3.8, 4) is 0 Å². The summed E-state index contributed by atoms with van der Waals surface area (Å²) >= 11 is 11.9. The molecule has 2 rings (SSSR count). The number of nitrogens with two attached hydrogens (primary N) is 1. The fourth-order valence-electron chi connectivity index (χ4n) is 4.14. The predicted molar refractivity (Wildman–Crippen MR) is 167 cm³/mol. The van der Waals surface area contributed by atoms with Gasteiger partial charge in [0, 0.05) is 38.2 Å². The summed E-state index contributed by atoms with van der Waals surface area (Å²) in [6, 6.07) is 5.30. The number of amides is 2. The first-order chi connectivity index (χ1) is 20.0. The molecule has 238 valence electrons. The fraction of sp³-hybridized carbons (Fsp3) is 0.690. The summed E-state index contributed by atoms with van der Waals surface area (Å²) < 4.78 is 21.8. The van der Waals surface area contributed by atoms with Crippen molar-refractivity contribution in [2.75, 3.05) is 77.7 Å². The highest BCUT2D eigenvalue weighted by Crippen LogP contribution is 2.25. The molecule has 1 aromatic rings. The van der Waals surface area contributed by atoms with Crippen molar-refractivity contribution in [3.63, 3.8) is 0 Å². The molecule has 13 heteroatoms. The van der Waals surface area contributed by atoms with Gasteiger partial charge < -0.3 is 40.2 Å². The Morgan fingerprint density at radius 3 is 2.26 bits per heavy atom. The van der Waals surface area contributed by atoms with E-state index in [1.807, 2.05) is 26.8 Å². The molecule has 1 fully saturated rings. The molecular formula is C29H47Cl2N5O6. The summed E-state index contributed by atoms with van der Waals surface area (Å²) in [5.41, 5.74) is 6.28. The summed E-state index contributed by atoms with van der Waals surface area (Å²) in [5, 5.41) is 6.81. The monoisotopic (exact) mass is 631 g/mol. The van der Waals surface area contributed by atoms with E-state index in [1.165, 1.54) is 0 Å². The van der Waals surface area contributed by atoms with Crippen LogP contribution in [0.3, 0.4) is 0 Å². The van der Waals surface area contributed by atoms with Crippen LogP contribution in [0.4, 0.5) is 10.5 Å². The third-order valence-electron chi connectivity index (χ3n) is 6.28. The van der Waals surface area contributed by atoms with E-state index in [4.69, 9.17) is 47.9 Å². The highest BCUT2D eigenvalue weighted by Gasteiger charge is 2.21. The van der Waals surface area contributed by atoms with Crippen molar-refractivity contribution >= 4 is 46.7 Å². The van der Waals surface area contributed by atoms with Crippen LogP contribution in [0.15, 0.2) is 23.2 Å². The topological polar surface area (TPSA) is 137 Å². The number of hydrogen-bond donors (Lipinski definition) is 3. The van der Waals surface area contributed by atoms with Crippen LogP contribution < -0.4 is 16.4 Å². The number of piperidine rings is 1. The Morgan fingerprint density at radius 1 is 0.976 bits per heavy atom. The van der Waals surface area contributed by atoms with Crippen LogP contribution in [0.2, 0.25) is 10.0 Å². The maximum Gasteiger partial charge on any atom is 0.407 e. The summed E-state index contributed by atoms with van der Waals surface area (Å²) in [4.78, 5) is 30.3. The van der Waals surface area contributed by atoms with E-state index in [9.17, 15) is 9.59 Å². The molecule has 0 aliphatic carbocycles. The van der Waals surface area contributed by atoms with Gasteiger partial charge in [0.25, 0.3) is 0 Å². The first-order valence-electron chi connectivity index (χ1n) is 14.5. The number of rotatable bonds is 18. The minimum atomic E-state index is -0.513. The van der Waals surface area contributed by atoms with Crippen molar-refractivity contribution in [1.82, 2.24) is 10.2 Å². The van der Waals surface area contributed by atoms with E-state index in [0.29, 0.717) is 87.4 Å². The van der Waals surface area contributed by atoms with E-state index in [1.54, 1.807) is 12.1 Å². The molecule has 1 heterocycles. The second-order valence-corrected chi connectivity index (χ2v) is 11.9. The number of benzene rings is 1. The number of halogens is 2. The van der Waals surface area contributed by atoms with Gasteiger partial charge in [0.1, 0.15) is 11.4 Å². The average Bonchev–Trinajstić information content (AvgIpc) is 2.91. The molecule has 1 aliphatic rings. The van der Waals surface area contributed by atoms with Crippen LogP contribution in [-0.4, -0.2) is 101 Å². The number of carbonyl (C=O) groups excluding carboxylic acids is 2. The van der Waals surface area contributed by atoms with Crippen LogP contribution in [-0.2, 0) is 23.7 Å². The van der Waals surface area contributed by atoms with Gasteiger partial charge in [0.05, 0.1) is 49.7 Å². The number of hydrogen-bond acceptors (Lipinski definition) is 8. The summed E-state index contributed by atoms with van der Waals surface area (Å²) in [5.74, 6) is 0.488. The van der Waals surface area contributed by atoms with E-state index in [0.717, 1.165) is 38.2 Å². The maximum atomic E-state index is 12.4. The Morgan fingerprint density at radius 2 is 1.62 bits per heavy atom. The molecule has 42 heavy (non-hydrogen) atoms. The Bertz CT molecular complexity index is 984. The second-order valence-electron chi connectivity index (χ2n) is 11.1. The molecule has 0 radical (unpaired) electrons. The first-order valence-corrected chi connectivity index (χ1v) is 15.2. The zero-order valence-corrected chi connectivity index (χ0v) is 26.6. The van der Waals surface area contributed by atoms with Gasteiger partial charge in [-0.05, 0) is 70.8 Å². The Kier molecular flexibility index (Phi) is 17.1. The largest absolute Gasteiger partial charge is 0.444 e. The number of carbonyl (C=O) groups is 2. The van der Waals surface area contributed by atoms with Gasteiger partial charge in [0.2, 0.25) is 5.91 Å². The smallest absolute Gasteiger partial charge is 0.407 e. The summed E-state index contributed by atoms with van der Waals surface area (Å²) in [6.45, 7) is 12.1. The van der Waals surface area contributed by atoms with Crippen LogP contribution >= 0.6 is 23.2 Å². The van der Waals surface area contributed by atoms with Gasteiger partial charge >= 0.3 is 6.09 Å².